The number of aromatic nitrogens is 1. The lowest BCUT2D eigenvalue weighted by Crippen LogP contribution is -2.45. The largest absolute Gasteiger partial charge is 0.374 e. The van der Waals surface area contributed by atoms with E-state index in [2.05, 4.69) is 15.8 Å². The number of terminal acetylenes is 1. The van der Waals surface area contributed by atoms with E-state index >= 15 is 0 Å². The second kappa shape index (κ2) is 5.38. The van der Waals surface area contributed by atoms with Crippen LogP contribution in [0.5, 0.6) is 0 Å². The standard InChI is InChI=1S/C14H18N2O2/c1-4-13(17)12-6-5-7-14(15-12)16-8-10(2)18-11(3)9-16/h1,5-7,10-11,13,17H,8-9H2,2-3H3/t10-,11+,13?. The van der Waals surface area contributed by atoms with Gasteiger partial charge in [0.1, 0.15) is 5.82 Å². The summed E-state index contributed by atoms with van der Waals surface area (Å²) in [6.07, 6.45) is 4.61. The van der Waals surface area contributed by atoms with Crippen LogP contribution in [-0.4, -0.2) is 35.4 Å². The van der Waals surface area contributed by atoms with Crippen LogP contribution in [0.4, 0.5) is 5.82 Å². The number of hydrogen-bond donors (Lipinski definition) is 1. The van der Waals surface area contributed by atoms with E-state index in [4.69, 9.17) is 11.2 Å². The lowest BCUT2D eigenvalue weighted by molar-refractivity contribution is -0.00547. The number of ether oxygens (including phenoxy) is 1. The molecular weight excluding hydrogens is 228 g/mol. The number of anilines is 1. The van der Waals surface area contributed by atoms with E-state index in [0.717, 1.165) is 18.9 Å². The van der Waals surface area contributed by atoms with Crippen molar-refractivity contribution in [2.45, 2.75) is 32.2 Å². The maximum atomic E-state index is 9.61. The molecular formula is C14H18N2O2. The molecule has 0 aromatic carbocycles. The first kappa shape index (κ1) is 12.9. The Labute approximate surface area is 108 Å². The van der Waals surface area contributed by atoms with E-state index in [1.807, 2.05) is 26.0 Å². The highest BCUT2D eigenvalue weighted by Crippen LogP contribution is 2.20. The van der Waals surface area contributed by atoms with Gasteiger partial charge in [-0.3, -0.25) is 0 Å². The molecule has 4 nitrogen and oxygen atoms in total. The smallest absolute Gasteiger partial charge is 0.156 e. The minimum absolute atomic E-state index is 0.178. The van der Waals surface area contributed by atoms with Gasteiger partial charge in [0.15, 0.2) is 6.10 Å². The maximum Gasteiger partial charge on any atom is 0.156 e. The summed E-state index contributed by atoms with van der Waals surface area (Å²) in [7, 11) is 0. The highest BCUT2D eigenvalue weighted by atomic mass is 16.5. The zero-order valence-corrected chi connectivity index (χ0v) is 10.7. The van der Waals surface area contributed by atoms with Crippen LogP contribution in [0, 0.1) is 12.3 Å². The zero-order chi connectivity index (χ0) is 13.1. The normalized spacial score (nSPS) is 25.6. The summed E-state index contributed by atoms with van der Waals surface area (Å²) in [5, 5.41) is 9.61. The quantitative estimate of drug-likeness (QED) is 0.800. The molecule has 1 aliphatic heterocycles. The molecule has 0 spiro atoms. The fourth-order valence-corrected chi connectivity index (χ4v) is 2.22. The Kier molecular flexibility index (Phi) is 3.85. The van der Waals surface area contributed by atoms with Crippen LogP contribution >= 0.6 is 0 Å². The molecule has 2 heterocycles. The predicted octanol–water partition coefficient (Wildman–Crippen LogP) is 1.36. The molecule has 4 heteroatoms. The van der Waals surface area contributed by atoms with Crippen LogP contribution in [0.2, 0.25) is 0 Å². The van der Waals surface area contributed by atoms with Crippen LogP contribution in [0.15, 0.2) is 18.2 Å². The number of nitrogens with zero attached hydrogens (tertiary/aromatic N) is 2. The minimum atomic E-state index is -0.944. The van der Waals surface area contributed by atoms with Gasteiger partial charge in [0.25, 0.3) is 0 Å². The fraction of sp³-hybridized carbons (Fsp3) is 0.500. The minimum Gasteiger partial charge on any atom is -0.374 e. The molecule has 1 fully saturated rings. The molecule has 1 unspecified atom stereocenters. The first-order valence-corrected chi connectivity index (χ1v) is 6.11. The molecule has 18 heavy (non-hydrogen) atoms. The molecule has 1 aromatic heterocycles. The average Bonchev–Trinajstić information content (AvgIpc) is 2.37. The van der Waals surface area contributed by atoms with Crippen molar-refractivity contribution >= 4 is 5.82 Å². The number of aliphatic hydroxyl groups is 1. The molecule has 1 aliphatic rings. The van der Waals surface area contributed by atoms with E-state index in [0.29, 0.717) is 5.69 Å². The Morgan fingerprint density at radius 1 is 1.44 bits per heavy atom. The van der Waals surface area contributed by atoms with Crippen molar-refractivity contribution in [2.24, 2.45) is 0 Å². The lowest BCUT2D eigenvalue weighted by atomic mass is 10.2. The van der Waals surface area contributed by atoms with Gasteiger partial charge in [0.2, 0.25) is 0 Å². The lowest BCUT2D eigenvalue weighted by Gasteiger charge is -2.36. The third-order valence-electron chi connectivity index (χ3n) is 2.94. The van der Waals surface area contributed by atoms with Gasteiger partial charge in [-0.1, -0.05) is 12.0 Å². The van der Waals surface area contributed by atoms with Crippen LogP contribution in [0.25, 0.3) is 0 Å². The Morgan fingerprint density at radius 2 is 2.11 bits per heavy atom. The number of aliphatic hydroxyl groups excluding tert-OH is 1. The van der Waals surface area contributed by atoms with Crippen LogP contribution in [-0.2, 0) is 4.74 Å². The molecule has 3 atom stereocenters. The van der Waals surface area contributed by atoms with Gasteiger partial charge in [-0.2, -0.15) is 0 Å². The van der Waals surface area contributed by atoms with Crippen LogP contribution in [0.3, 0.4) is 0 Å². The molecule has 1 saturated heterocycles. The van der Waals surface area contributed by atoms with Crippen molar-refractivity contribution in [3.8, 4) is 12.3 Å². The Balaban J connectivity index is 2.20. The summed E-state index contributed by atoms with van der Waals surface area (Å²) < 4.78 is 5.69. The molecule has 0 amide bonds. The van der Waals surface area contributed by atoms with E-state index in [-0.39, 0.29) is 12.2 Å². The summed E-state index contributed by atoms with van der Waals surface area (Å²) in [5.41, 5.74) is 0.516. The Bertz CT molecular complexity index is 445. The van der Waals surface area contributed by atoms with Gasteiger partial charge in [0.05, 0.1) is 17.9 Å². The zero-order valence-electron chi connectivity index (χ0n) is 10.7. The topological polar surface area (TPSA) is 45.6 Å². The first-order valence-electron chi connectivity index (χ1n) is 6.11. The molecule has 0 aliphatic carbocycles. The highest BCUT2D eigenvalue weighted by molar-refractivity contribution is 5.41. The molecule has 96 valence electrons. The van der Waals surface area contributed by atoms with E-state index in [1.54, 1.807) is 6.07 Å². The molecule has 0 bridgehead atoms. The predicted molar refractivity (Wildman–Crippen MR) is 70.3 cm³/mol. The number of hydrogen-bond acceptors (Lipinski definition) is 4. The summed E-state index contributed by atoms with van der Waals surface area (Å²) in [6.45, 7) is 5.69. The molecule has 2 rings (SSSR count). The van der Waals surface area contributed by atoms with Crippen molar-refractivity contribution in [1.82, 2.24) is 4.98 Å². The van der Waals surface area contributed by atoms with Crippen LogP contribution < -0.4 is 4.90 Å². The molecule has 0 radical (unpaired) electrons. The van der Waals surface area contributed by atoms with Crippen LogP contribution in [0.1, 0.15) is 25.6 Å². The van der Waals surface area contributed by atoms with Gasteiger partial charge in [-0.05, 0) is 26.0 Å². The molecule has 1 N–H and O–H groups in total. The highest BCUT2D eigenvalue weighted by Gasteiger charge is 2.23. The fourth-order valence-electron chi connectivity index (χ4n) is 2.22. The monoisotopic (exact) mass is 246 g/mol. The maximum absolute atomic E-state index is 9.61. The average molecular weight is 246 g/mol. The van der Waals surface area contributed by atoms with Crippen molar-refractivity contribution in [3.05, 3.63) is 23.9 Å². The second-order valence-corrected chi connectivity index (χ2v) is 4.65. The van der Waals surface area contributed by atoms with Gasteiger partial charge in [-0.25, -0.2) is 4.98 Å². The van der Waals surface area contributed by atoms with E-state index in [1.165, 1.54) is 0 Å². The molecule has 0 saturated carbocycles. The molecule has 1 aromatic rings. The first-order chi connectivity index (χ1) is 8.60. The number of rotatable bonds is 2. The Hall–Kier alpha value is -1.57. The Morgan fingerprint density at radius 3 is 2.72 bits per heavy atom. The van der Waals surface area contributed by atoms with E-state index in [9.17, 15) is 5.11 Å². The van der Waals surface area contributed by atoms with E-state index < -0.39 is 6.10 Å². The SMILES string of the molecule is C#CC(O)c1cccc(N2C[C@@H](C)O[C@@H](C)C2)n1. The van der Waals surface area contributed by atoms with Gasteiger partial charge in [0, 0.05) is 13.1 Å². The number of pyridine rings is 1. The summed E-state index contributed by atoms with van der Waals surface area (Å²) in [5.74, 6) is 3.12. The number of morpholine rings is 1. The summed E-state index contributed by atoms with van der Waals surface area (Å²) >= 11 is 0. The van der Waals surface area contributed by atoms with Gasteiger partial charge < -0.3 is 14.7 Å². The summed E-state index contributed by atoms with van der Waals surface area (Å²) in [4.78, 5) is 6.57. The van der Waals surface area contributed by atoms with Crippen molar-refractivity contribution < 1.29 is 9.84 Å². The van der Waals surface area contributed by atoms with Crippen molar-refractivity contribution in [2.75, 3.05) is 18.0 Å². The van der Waals surface area contributed by atoms with Gasteiger partial charge >= 0.3 is 0 Å². The second-order valence-electron chi connectivity index (χ2n) is 4.65. The summed E-state index contributed by atoms with van der Waals surface area (Å²) in [6, 6.07) is 5.53. The van der Waals surface area contributed by atoms with Gasteiger partial charge in [-0.15, -0.1) is 6.42 Å². The third-order valence-corrected chi connectivity index (χ3v) is 2.94. The third kappa shape index (κ3) is 2.81. The van der Waals surface area contributed by atoms with Crippen molar-refractivity contribution in [1.29, 1.82) is 0 Å². The van der Waals surface area contributed by atoms with Crippen molar-refractivity contribution in [3.63, 3.8) is 0 Å².